The number of rotatable bonds is 4. The fraction of sp³-hybridized carbons (Fsp3) is 0.667. The normalized spacial score (nSPS) is 22.8. The van der Waals surface area contributed by atoms with Crippen LogP contribution in [-0.2, 0) is 9.53 Å². The van der Waals surface area contributed by atoms with Crippen LogP contribution in [0.25, 0.3) is 0 Å². The van der Waals surface area contributed by atoms with Crippen molar-refractivity contribution in [2.75, 3.05) is 37.7 Å². The van der Waals surface area contributed by atoms with Crippen LogP contribution < -0.4 is 10.2 Å². The Hall–Kier alpha value is -1.40. The lowest BCUT2D eigenvalue weighted by Gasteiger charge is -2.31. The van der Waals surface area contributed by atoms with E-state index in [0.29, 0.717) is 11.1 Å². The summed E-state index contributed by atoms with van der Waals surface area (Å²) in [6.07, 6.45) is 2.74. The van der Waals surface area contributed by atoms with Crippen LogP contribution >= 0.6 is 11.6 Å². The third kappa shape index (κ3) is 3.87. The van der Waals surface area contributed by atoms with E-state index in [0.717, 1.165) is 57.9 Å². The fourth-order valence-corrected chi connectivity index (χ4v) is 3.08. The topological polar surface area (TPSA) is 67.3 Å². The van der Waals surface area contributed by atoms with E-state index >= 15 is 0 Å². The molecular weight excluding hydrogens is 304 g/mol. The Kier molecular flexibility index (Phi) is 5.10. The molecule has 3 rings (SSSR count). The van der Waals surface area contributed by atoms with Crippen LogP contribution in [0.15, 0.2) is 12.1 Å². The van der Waals surface area contributed by atoms with Crippen LogP contribution in [0.3, 0.4) is 0 Å². The first-order valence-electron chi connectivity index (χ1n) is 7.82. The predicted molar refractivity (Wildman–Crippen MR) is 83.9 cm³/mol. The largest absolute Gasteiger partial charge is 0.381 e. The minimum Gasteiger partial charge on any atom is -0.381 e. The van der Waals surface area contributed by atoms with Crippen molar-refractivity contribution in [1.29, 1.82) is 0 Å². The molecule has 0 spiro atoms. The van der Waals surface area contributed by atoms with E-state index in [1.165, 1.54) is 0 Å². The predicted octanol–water partition coefficient (Wildman–Crippen LogP) is 1.50. The summed E-state index contributed by atoms with van der Waals surface area (Å²) in [5, 5.41) is 11.4. The van der Waals surface area contributed by atoms with Gasteiger partial charge in [0.2, 0.25) is 5.91 Å². The summed E-state index contributed by atoms with van der Waals surface area (Å²) >= 11 is 5.75. The van der Waals surface area contributed by atoms with Gasteiger partial charge in [0.15, 0.2) is 11.0 Å². The van der Waals surface area contributed by atoms with Crippen molar-refractivity contribution in [2.45, 2.75) is 19.3 Å². The van der Waals surface area contributed by atoms with Gasteiger partial charge in [0.05, 0.1) is 6.61 Å². The Morgan fingerprint density at radius 1 is 1.32 bits per heavy atom. The Bertz CT molecular complexity index is 497. The fourth-order valence-electron chi connectivity index (χ4n) is 2.98. The molecule has 1 N–H and O–H groups in total. The molecule has 2 aliphatic rings. The highest BCUT2D eigenvalue weighted by Gasteiger charge is 2.26. The smallest absolute Gasteiger partial charge is 0.223 e. The second kappa shape index (κ2) is 7.24. The van der Waals surface area contributed by atoms with Gasteiger partial charge in [0.1, 0.15) is 0 Å². The van der Waals surface area contributed by atoms with Gasteiger partial charge in [-0.1, -0.05) is 11.6 Å². The summed E-state index contributed by atoms with van der Waals surface area (Å²) in [5.74, 6) is 1.58. The molecule has 0 unspecified atom stereocenters. The maximum Gasteiger partial charge on any atom is 0.223 e. The molecule has 2 aliphatic heterocycles. The first kappa shape index (κ1) is 15.5. The zero-order valence-corrected chi connectivity index (χ0v) is 13.3. The van der Waals surface area contributed by atoms with E-state index in [2.05, 4.69) is 20.4 Å². The van der Waals surface area contributed by atoms with E-state index in [9.17, 15) is 4.79 Å². The third-order valence-corrected chi connectivity index (χ3v) is 4.60. The molecule has 2 saturated heterocycles. The van der Waals surface area contributed by atoms with Crippen molar-refractivity contribution < 1.29 is 9.53 Å². The maximum absolute atomic E-state index is 12.2. The van der Waals surface area contributed by atoms with Crippen LogP contribution in [0.5, 0.6) is 0 Å². The number of anilines is 1. The zero-order valence-electron chi connectivity index (χ0n) is 12.5. The molecule has 0 aromatic carbocycles. The van der Waals surface area contributed by atoms with E-state index in [4.69, 9.17) is 16.3 Å². The average molecular weight is 325 g/mol. The monoisotopic (exact) mass is 324 g/mol. The van der Waals surface area contributed by atoms with Crippen molar-refractivity contribution in [3.8, 4) is 0 Å². The molecule has 0 radical (unpaired) electrons. The van der Waals surface area contributed by atoms with E-state index < -0.39 is 0 Å². The lowest BCUT2D eigenvalue weighted by molar-refractivity contribution is -0.125. The van der Waals surface area contributed by atoms with Crippen LogP contribution in [-0.4, -0.2) is 49.0 Å². The van der Waals surface area contributed by atoms with Gasteiger partial charge in [-0.3, -0.25) is 4.79 Å². The molecule has 6 nitrogen and oxygen atoms in total. The number of hydrogen-bond acceptors (Lipinski definition) is 5. The minimum atomic E-state index is 0.0961. The van der Waals surface area contributed by atoms with Crippen LogP contribution in [0, 0.1) is 11.8 Å². The number of nitrogens with zero attached hydrogens (tertiary/aromatic N) is 3. The molecule has 0 bridgehead atoms. The molecule has 1 atom stereocenters. The number of carbonyl (C=O) groups excluding carboxylic acids is 1. The molecular formula is C15H21ClN4O2. The van der Waals surface area contributed by atoms with E-state index in [1.807, 2.05) is 6.07 Å². The molecule has 0 saturated carbocycles. The first-order valence-corrected chi connectivity index (χ1v) is 8.20. The number of carbonyl (C=O) groups is 1. The van der Waals surface area contributed by atoms with Gasteiger partial charge in [0, 0.05) is 38.1 Å². The van der Waals surface area contributed by atoms with Crippen LogP contribution in [0.1, 0.15) is 19.3 Å². The zero-order chi connectivity index (χ0) is 15.4. The Labute approximate surface area is 135 Å². The van der Waals surface area contributed by atoms with Gasteiger partial charge in [0.25, 0.3) is 0 Å². The molecule has 22 heavy (non-hydrogen) atoms. The molecule has 2 fully saturated rings. The van der Waals surface area contributed by atoms with Crippen molar-refractivity contribution in [1.82, 2.24) is 15.5 Å². The molecule has 0 aliphatic carbocycles. The molecule has 1 aromatic rings. The summed E-state index contributed by atoms with van der Waals surface area (Å²) in [6.45, 7) is 3.97. The average Bonchev–Trinajstić information content (AvgIpc) is 3.07. The number of aromatic nitrogens is 2. The summed E-state index contributed by atoms with van der Waals surface area (Å²) in [7, 11) is 0. The Morgan fingerprint density at radius 2 is 2.14 bits per heavy atom. The lowest BCUT2D eigenvalue weighted by atomic mass is 9.95. The van der Waals surface area contributed by atoms with Crippen molar-refractivity contribution in [3.05, 3.63) is 17.3 Å². The maximum atomic E-state index is 12.2. The summed E-state index contributed by atoms with van der Waals surface area (Å²) in [4.78, 5) is 14.4. The highest BCUT2D eigenvalue weighted by Crippen LogP contribution is 2.22. The molecule has 7 heteroatoms. The second-order valence-corrected chi connectivity index (χ2v) is 6.34. The van der Waals surface area contributed by atoms with Crippen LogP contribution in [0.2, 0.25) is 5.15 Å². The van der Waals surface area contributed by atoms with Gasteiger partial charge >= 0.3 is 0 Å². The number of ether oxygens (including phenoxy) is 1. The highest BCUT2D eigenvalue weighted by atomic mass is 35.5. The number of nitrogens with one attached hydrogen (secondary N) is 1. The van der Waals surface area contributed by atoms with Crippen LogP contribution in [0.4, 0.5) is 5.82 Å². The Morgan fingerprint density at radius 3 is 2.77 bits per heavy atom. The van der Waals surface area contributed by atoms with Gasteiger partial charge < -0.3 is 15.0 Å². The SMILES string of the molecule is O=C(NC[C@@H]1CCOC1)C1CCN(c2ccc(Cl)nn2)CC1. The van der Waals surface area contributed by atoms with Gasteiger partial charge in [-0.2, -0.15) is 0 Å². The van der Waals surface area contributed by atoms with E-state index in [-0.39, 0.29) is 11.8 Å². The van der Waals surface area contributed by atoms with E-state index in [1.54, 1.807) is 6.07 Å². The lowest BCUT2D eigenvalue weighted by Crippen LogP contribution is -2.42. The summed E-state index contributed by atoms with van der Waals surface area (Å²) in [6, 6.07) is 3.61. The number of halogens is 1. The molecule has 1 amide bonds. The van der Waals surface area contributed by atoms with Gasteiger partial charge in [-0.15, -0.1) is 10.2 Å². The Balaban J connectivity index is 1.44. The standard InChI is InChI=1S/C15H21ClN4O2/c16-13-1-2-14(19-18-13)20-6-3-12(4-7-20)15(21)17-9-11-5-8-22-10-11/h1-2,11-12H,3-10H2,(H,17,21)/t11-/m0/s1. The summed E-state index contributed by atoms with van der Waals surface area (Å²) in [5.41, 5.74) is 0. The number of amides is 1. The minimum absolute atomic E-state index is 0.0961. The van der Waals surface area contributed by atoms with Crippen molar-refractivity contribution >= 4 is 23.3 Å². The molecule has 3 heterocycles. The third-order valence-electron chi connectivity index (χ3n) is 4.40. The molecule has 120 valence electrons. The quantitative estimate of drug-likeness (QED) is 0.909. The number of piperidine rings is 1. The van der Waals surface area contributed by atoms with Crippen molar-refractivity contribution in [2.24, 2.45) is 11.8 Å². The summed E-state index contributed by atoms with van der Waals surface area (Å²) < 4.78 is 5.33. The first-order chi connectivity index (χ1) is 10.7. The van der Waals surface area contributed by atoms with Crippen molar-refractivity contribution in [3.63, 3.8) is 0 Å². The number of hydrogen-bond donors (Lipinski definition) is 1. The van der Waals surface area contributed by atoms with Gasteiger partial charge in [-0.05, 0) is 31.4 Å². The second-order valence-electron chi connectivity index (χ2n) is 5.95. The highest BCUT2D eigenvalue weighted by molar-refractivity contribution is 6.29. The molecule has 1 aromatic heterocycles. The van der Waals surface area contributed by atoms with Gasteiger partial charge in [-0.25, -0.2) is 0 Å².